The molecule has 0 unspecified atom stereocenters. The number of hydrogen-bond donors (Lipinski definition) is 0. The van der Waals surface area contributed by atoms with Gasteiger partial charge in [-0.1, -0.05) is 164 Å². The number of halogens is 2. The Balaban J connectivity index is 1.12. The average molecular weight is 686 g/mol. The van der Waals surface area contributed by atoms with E-state index in [-0.39, 0.29) is 11.1 Å². The number of aromatic nitrogens is 3. The topological polar surface area (TPSA) is 38.7 Å². The summed E-state index contributed by atoms with van der Waals surface area (Å²) < 4.78 is 33.7. The Hall–Kier alpha value is -6.85. The highest BCUT2D eigenvalue weighted by molar-refractivity contribution is 6.21. The van der Waals surface area contributed by atoms with Crippen LogP contribution in [0.2, 0.25) is 0 Å². The molecule has 0 fully saturated rings. The monoisotopic (exact) mass is 685 g/mol. The number of nitrogens with zero attached hydrogens (tertiary/aromatic N) is 3. The van der Waals surface area contributed by atoms with Gasteiger partial charge in [0.2, 0.25) is 0 Å². The quantitative estimate of drug-likeness (QED) is 0.169. The van der Waals surface area contributed by atoms with Crippen LogP contribution in [-0.4, -0.2) is 15.0 Å². The molecule has 1 heterocycles. The fourth-order valence-corrected chi connectivity index (χ4v) is 7.81. The first-order chi connectivity index (χ1) is 26.0. The smallest absolute Gasteiger partial charge is 0.208 e. The summed E-state index contributed by atoms with van der Waals surface area (Å²) in [5.74, 6) is -1.95. The minimum Gasteiger partial charge on any atom is -0.208 e. The zero-order valence-electron chi connectivity index (χ0n) is 28.3. The van der Waals surface area contributed by atoms with E-state index in [4.69, 9.17) is 15.0 Å². The van der Waals surface area contributed by atoms with Gasteiger partial charge in [-0.15, -0.1) is 0 Å². The molecule has 53 heavy (non-hydrogen) atoms. The van der Waals surface area contributed by atoms with Gasteiger partial charge in [-0.05, 0) is 67.1 Å². The van der Waals surface area contributed by atoms with Crippen LogP contribution in [0.4, 0.5) is 8.78 Å². The molecule has 1 aliphatic rings. The van der Waals surface area contributed by atoms with Gasteiger partial charge in [0.05, 0.1) is 0 Å². The second-order valence-electron chi connectivity index (χ2n) is 13.3. The van der Waals surface area contributed by atoms with Gasteiger partial charge in [-0.2, -0.15) is 8.78 Å². The second-order valence-corrected chi connectivity index (χ2v) is 13.3. The van der Waals surface area contributed by atoms with Crippen molar-refractivity contribution in [2.45, 2.75) is 5.92 Å². The van der Waals surface area contributed by atoms with Crippen LogP contribution < -0.4 is 0 Å². The second kappa shape index (κ2) is 12.1. The predicted molar refractivity (Wildman–Crippen MR) is 210 cm³/mol. The fourth-order valence-electron chi connectivity index (χ4n) is 7.81. The maximum atomic E-state index is 16.9. The molecule has 0 radical (unpaired) electrons. The Kier molecular flexibility index (Phi) is 7.08. The third kappa shape index (κ3) is 5.04. The van der Waals surface area contributed by atoms with Gasteiger partial charge in [0.25, 0.3) is 5.92 Å². The zero-order valence-corrected chi connectivity index (χ0v) is 28.3. The van der Waals surface area contributed by atoms with E-state index in [9.17, 15) is 0 Å². The predicted octanol–water partition coefficient (Wildman–Crippen LogP) is 12.6. The Morgan fingerprint density at radius 3 is 1.11 bits per heavy atom. The van der Waals surface area contributed by atoms with Crippen molar-refractivity contribution in [1.29, 1.82) is 0 Å². The fraction of sp³-hybridized carbons (Fsp3) is 0.0208. The van der Waals surface area contributed by atoms with Crippen molar-refractivity contribution in [2.75, 3.05) is 0 Å². The minimum absolute atomic E-state index is 0.00644. The number of fused-ring (bicyclic) bond motifs is 5. The van der Waals surface area contributed by atoms with Crippen molar-refractivity contribution >= 4 is 21.5 Å². The first-order valence-electron chi connectivity index (χ1n) is 17.6. The molecular weight excluding hydrogens is 657 g/mol. The van der Waals surface area contributed by atoms with Crippen molar-refractivity contribution < 1.29 is 8.78 Å². The van der Waals surface area contributed by atoms with Crippen molar-refractivity contribution in [3.8, 4) is 67.5 Å². The van der Waals surface area contributed by atoms with Crippen LogP contribution in [0.15, 0.2) is 176 Å². The summed E-state index contributed by atoms with van der Waals surface area (Å²) in [5.41, 5.74) is 7.05. The Bertz CT molecular complexity index is 2740. The van der Waals surface area contributed by atoms with Crippen LogP contribution in [0.5, 0.6) is 0 Å². The molecule has 0 amide bonds. The summed E-state index contributed by atoms with van der Waals surface area (Å²) in [6, 6.07) is 56.9. The van der Waals surface area contributed by atoms with Crippen LogP contribution in [-0.2, 0) is 5.92 Å². The highest BCUT2D eigenvalue weighted by Crippen LogP contribution is 2.53. The van der Waals surface area contributed by atoms with E-state index in [2.05, 4.69) is 36.4 Å². The third-order valence-corrected chi connectivity index (χ3v) is 10.2. The van der Waals surface area contributed by atoms with Gasteiger partial charge in [0, 0.05) is 27.8 Å². The van der Waals surface area contributed by atoms with E-state index >= 15 is 8.78 Å². The lowest BCUT2D eigenvalue weighted by Gasteiger charge is -2.19. The average Bonchev–Trinajstić information content (AvgIpc) is 3.45. The lowest BCUT2D eigenvalue weighted by Crippen LogP contribution is -2.11. The SMILES string of the molecule is FC1(F)c2cc(-c3nc(-c4ccccc4)nc(-c4ccccc4)n3)ccc2-c2ccc(-c3c4ccccc4c(-c4ccccc4)c4ccccc34)cc21. The molecular formula is C48H29F2N3. The maximum absolute atomic E-state index is 16.9. The largest absolute Gasteiger partial charge is 0.299 e. The van der Waals surface area contributed by atoms with Crippen molar-refractivity contribution in [3.05, 3.63) is 187 Å². The summed E-state index contributed by atoms with van der Waals surface area (Å²) in [7, 11) is 0. The maximum Gasteiger partial charge on any atom is 0.299 e. The molecule has 0 spiro atoms. The summed E-state index contributed by atoms with van der Waals surface area (Å²) in [4.78, 5) is 14.4. The van der Waals surface area contributed by atoms with Crippen LogP contribution >= 0.6 is 0 Å². The van der Waals surface area contributed by atoms with E-state index in [0.29, 0.717) is 34.2 Å². The lowest BCUT2D eigenvalue weighted by molar-refractivity contribution is 0.0481. The van der Waals surface area contributed by atoms with Crippen molar-refractivity contribution in [1.82, 2.24) is 15.0 Å². The van der Waals surface area contributed by atoms with Crippen LogP contribution in [0.1, 0.15) is 11.1 Å². The standard InChI is InChI=1S/C48H29F2N3/c49-48(50)41-28-33(44-39-22-12-10-20-37(39)43(30-14-4-1-5-15-30)38-21-11-13-23-40(38)44)24-26-35(41)36-27-25-34(29-42(36)48)47-52-45(31-16-6-2-7-17-31)51-46(53-47)32-18-8-3-9-19-32/h1-29H. The number of alkyl halides is 2. The number of benzene rings is 8. The van der Waals surface area contributed by atoms with Gasteiger partial charge in [-0.25, -0.2) is 15.0 Å². The molecule has 3 nitrogen and oxygen atoms in total. The molecule has 0 bridgehead atoms. The Labute approximate surface area is 304 Å². The molecule has 9 aromatic rings. The van der Waals surface area contributed by atoms with Gasteiger partial charge in [-0.3, -0.25) is 0 Å². The van der Waals surface area contributed by atoms with E-state index in [1.165, 1.54) is 0 Å². The van der Waals surface area contributed by atoms with Crippen molar-refractivity contribution in [2.24, 2.45) is 0 Å². The molecule has 0 N–H and O–H groups in total. The molecule has 0 aliphatic heterocycles. The summed E-state index contributed by atoms with van der Waals surface area (Å²) >= 11 is 0. The van der Waals surface area contributed by atoms with Crippen LogP contribution in [0.3, 0.4) is 0 Å². The molecule has 10 rings (SSSR count). The number of hydrogen-bond acceptors (Lipinski definition) is 3. The molecule has 1 aromatic heterocycles. The highest BCUT2D eigenvalue weighted by Gasteiger charge is 2.45. The molecule has 250 valence electrons. The van der Waals surface area contributed by atoms with Gasteiger partial charge >= 0.3 is 0 Å². The summed E-state index contributed by atoms with van der Waals surface area (Å²) in [6.07, 6.45) is 0. The van der Waals surface area contributed by atoms with E-state index in [1.54, 1.807) is 18.2 Å². The molecule has 1 aliphatic carbocycles. The van der Waals surface area contributed by atoms with E-state index < -0.39 is 5.92 Å². The highest BCUT2D eigenvalue weighted by atomic mass is 19.3. The third-order valence-electron chi connectivity index (χ3n) is 10.2. The molecule has 0 atom stereocenters. The minimum atomic E-state index is -3.25. The lowest BCUT2D eigenvalue weighted by atomic mass is 9.85. The first kappa shape index (κ1) is 30.9. The summed E-state index contributed by atoms with van der Waals surface area (Å²) in [5, 5.41) is 4.19. The van der Waals surface area contributed by atoms with Crippen LogP contribution in [0.25, 0.3) is 89.1 Å². The molecule has 0 saturated carbocycles. The first-order valence-corrected chi connectivity index (χ1v) is 17.6. The normalized spacial score (nSPS) is 12.9. The van der Waals surface area contributed by atoms with E-state index in [1.807, 2.05) is 121 Å². The van der Waals surface area contributed by atoms with Gasteiger partial charge in [0.15, 0.2) is 17.5 Å². The van der Waals surface area contributed by atoms with Crippen LogP contribution in [0, 0.1) is 0 Å². The Morgan fingerprint density at radius 1 is 0.321 bits per heavy atom. The molecule has 8 aromatic carbocycles. The Morgan fingerprint density at radius 2 is 0.660 bits per heavy atom. The van der Waals surface area contributed by atoms with Gasteiger partial charge < -0.3 is 0 Å². The van der Waals surface area contributed by atoms with Gasteiger partial charge in [0.1, 0.15) is 0 Å². The zero-order chi connectivity index (χ0) is 35.5. The van der Waals surface area contributed by atoms with E-state index in [0.717, 1.165) is 54.9 Å². The molecule has 0 saturated heterocycles. The van der Waals surface area contributed by atoms with Crippen molar-refractivity contribution in [3.63, 3.8) is 0 Å². The number of rotatable bonds is 5. The molecule has 5 heteroatoms. The summed E-state index contributed by atoms with van der Waals surface area (Å²) in [6.45, 7) is 0.